The fourth-order valence-corrected chi connectivity index (χ4v) is 2.78. The molecule has 6 heteroatoms. The molecular weight excluding hydrogens is 302 g/mol. The molecule has 1 amide bonds. The molecule has 1 atom stereocenters. The number of amides is 1. The minimum atomic E-state index is -0.229. The van der Waals surface area contributed by atoms with Crippen molar-refractivity contribution in [3.63, 3.8) is 0 Å². The SMILES string of the molecule is Cc1cccnc1[C@@H](NC(=O)c1cc(C(C)C)nc(N)n1)C1CC1. The van der Waals surface area contributed by atoms with Crippen LogP contribution in [0.2, 0.25) is 0 Å². The number of nitrogens with two attached hydrogens (primary N) is 1. The predicted molar refractivity (Wildman–Crippen MR) is 92.4 cm³/mol. The molecule has 0 spiro atoms. The summed E-state index contributed by atoms with van der Waals surface area (Å²) in [6, 6.07) is 5.55. The average molecular weight is 325 g/mol. The molecular formula is C18H23N5O. The van der Waals surface area contributed by atoms with Gasteiger partial charge >= 0.3 is 0 Å². The van der Waals surface area contributed by atoms with Crippen molar-refractivity contribution in [1.29, 1.82) is 0 Å². The molecule has 1 aliphatic rings. The van der Waals surface area contributed by atoms with Gasteiger partial charge in [-0.1, -0.05) is 19.9 Å². The molecule has 0 bridgehead atoms. The van der Waals surface area contributed by atoms with Gasteiger partial charge in [0.2, 0.25) is 5.95 Å². The minimum Gasteiger partial charge on any atom is -0.368 e. The van der Waals surface area contributed by atoms with Crippen LogP contribution < -0.4 is 11.1 Å². The van der Waals surface area contributed by atoms with Gasteiger partial charge in [-0.3, -0.25) is 9.78 Å². The minimum absolute atomic E-state index is 0.0858. The van der Waals surface area contributed by atoms with Crippen LogP contribution in [0.15, 0.2) is 24.4 Å². The summed E-state index contributed by atoms with van der Waals surface area (Å²) in [5, 5.41) is 3.10. The number of carbonyl (C=O) groups excluding carboxylic acids is 1. The van der Waals surface area contributed by atoms with E-state index in [1.54, 1.807) is 12.3 Å². The standard InChI is InChI=1S/C18H23N5O/c1-10(2)13-9-14(22-18(19)21-13)17(24)23-16(12-6-7-12)15-11(3)5-4-8-20-15/h4-5,8-10,12,16H,6-7H2,1-3H3,(H,23,24)(H2,19,21,22)/t16-/m0/s1. The Labute approximate surface area is 141 Å². The maximum Gasteiger partial charge on any atom is 0.270 e. The van der Waals surface area contributed by atoms with Crippen LogP contribution >= 0.6 is 0 Å². The number of nitrogens with one attached hydrogen (secondary N) is 1. The first-order valence-corrected chi connectivity index (χ1v) is 8.32. The van der Waals surface area contributed by atoms with Gasteiger partial charge < -0.3 is 11.1 Å². The smallest absolute Gasteiger partial charge is 0.270 e. The second-order valence-corrected chi connectivity index (χ2v) is 6.69. The fraction of sp³-hybridized carbons (Fsp3) is 0.444. The Morgan fingerprint density at radius 3 is 2.71 bits per heavy atom. The summed E-state index contributed by atoms with van der Waals surface area (Å²) in [6.45, 7) is 6.03. The fourth-order valence-electron chi connectivity index (χ4n) is 2.78. The van der Waals surface area contributed by atoms with Crippen LogP contribution in [0.1, 0.15) is 66.1 Å². The lowest BCUT2D eigenvalue weighted by molar-refractivity contribution is 0.0925. The van der Waals surface area contributed by atoms with Crippen molar-refractivity contribution >= 4 is 11.9 Å². The summed E-state index contributed by atoms with van der Waals surface area (Å²) in [5.74, 6) is 0.515. The Kier molecular flexibility index (Phi) is 4.46. The molecule has 0 aliphatic heterocycles. The van der Waals surface area contributed by atoms with Crippen LogP contribution in [0.3, 0.4) is 0 Å². The van der Waals surface area contributed by atoms with Gasteiger partial charge in [0.05, 0.1) is 11.7 Å². The van der Waals surface area contributed by atoms with Crippen LogP contribution in [-0.2, 0) is 0 Å². The normalized spacial score (nSPS) is 15.3. The van der Waals surface area contributed by atoms with Crippen LogP contribution in [-0.4, -0.2) is 20.9 Å². The van der Waals surface area contributed by atoms with Gasteiger partial charge in [0.25, 0.3) is 5.91 Å². The maximum atomic E-state index is 12.7. The number of nitrogen functional groups attached to an aromatic ring is 1. The van der Waals surface area contributed by atoms with Crippen molar-refractivity contribution in [2.75, 3.05) is 5.73 Å². The summed E-state index contributed by atoms with van der Waals surface area (Å²) in [6.07, 6.45) is 3.97. The van der Waals surface area contributed by atoms with Crippen molar-refractivity contribution < 1.29 is 4.79 Å². The van der Waals surface area contributed by atoms with Crippen molar-refractivity contribution in [3.8, 4) is 0 Å². The third-order valence-electron chi connectivity index (χ3n) is 4.31. The van der Waals surface area contributed by atoms with E-state index < -0.39 is 0 Å². The number of anilines is 1. The Morgan fingerprint density at radius 2 is 2.08 bits per heavy atom. The lowest BCUT2D eigenvalue weighted by atomic mass is 10.0. The second-order valence-electron chi connectivity index (χ2n) is 6.69. The lowest BCUT2D eigenvalue weighted by Crippen LogP contribution is -2.32. The number of aryl methyl sites for hydroxylation is 1. The van der Waals surface area contributed by atoms with Gasteiger partial charge in [0, 0.05) is 11.9 Å². The molecule has 3 rings (SSSR count). The van der Waals surface area contributed by atoms with E-state index >= 15 is 0 Å². The number of hydrogen-bond donors (Lipinski definition) is 2. The van der Waals surface area contributed by atoms with Crippen LogP contribution in [0.5, 0.6) is 0 Å². The van der Waals surface area contributed by atoms with E-state index in [4.69, 9.17) is 5.73 Å². The molecule has 0 saturated heterocycles. The highest BCUT2D eigenvalue weighted by Gasteiger charge is 2.35. The van der Waals surface area contributed by atoms with Gasteiger partial charge in [-0.25, -0.2) is 9.97 Å². The summed E-state index contributed by atoms with van der Waals surface area (Å²) >= 11 is 0. The molecule has 126 valence electrons. The molecule has 2 aromatic rings. The largest absolute Gasteiger partial charge is 0.368 e. The molecule has 24 heavy (non-hydrogen) atoms. The topological polar surface area (TPSA) is 93.8 Å². The summed E-state index contributed by atoms with van der Waals surface area (Å²) < 4.78 is 0. The highest BCUT2D eigenvalue weighted by atomic mass is 16.2. The first-order chi connectivity index (χ1) is 11.5. The molecule has 1 saturated carbocycles. The van der Waals surface area contributed by atoms with E-state index in [-0.39, 0.29) is 23.8 Å². The molecule has 6 nitrogen and oxygen atoms in total. The van der Waals surface area contributed by atoms with Crippen molar-refractivity contribution in [2.45, 2.75) is 45.6 Å². The van der Waals surface area contributed by atoms with Gasteiger partial charge in [0.1, 0.15) is 5.69 Å². The van der Waals surface area contributed by atoms with Gasteiger partial charge in [-0.05, 0) is 49.3 Å². The maximum absolute atomic E-state index is 12.7. The first-order valence-electron chi connectivity index (χ1n) is 8.32. The van der Waals surface area contributed by atoms with Crippen LogP contribution in [0.25, 0.3) is 0 Å². The van der Waals surface area contributed by atoms with Gasteiger partial charge in [0.15, 0.2) is 0 Å². The highest BCUT2D eigenvalue weighted by Crippen LogP contribution is 2.41. The zero-order chi connectivity index (χ0) is 17.3. The quantitative estimate of drug-likeness (QED) is 0.881. The van der Waals surface area contributed by atoms with E-state index in [0.717, 1.165) is 29.8 Å². The lowest BCUT2D eigenvalue weighted by Gasteiger charge is -2.19. The van der Waals surface area contributed by atoms with Crippen molar-refractivity contribution in [2.24, 2.45) is 5.92 Å². The number of aromatic nitrogens is 3. The number of pyridine rings is 1. The van der Waals surface area contributed by atoms with E-state index in [0.29, 0.717) is 11.6 Å². The summed E-state index contributed by atoms with van der Waals surface area (Å²) in [5.41, 5.74) is 8.85. The Balaban J connectivity index is 1.86. The van der Waals surface area contributed by atoms with Crippen LogP contribution in [0.4, 0.5) is 5.95 Å². The van der Waals surface area contributed by atoms with E-state index in [9.17, 15) is 4.79 Å². The molecule has 1 aliphatic carbocycles. The zero-order valence-corrected chi connectivity index (χ0v) is 14.3. The van der Waals surface area contributed by atoms with E-state index in [2.05, 4.69) is 20.3 Å². The molecule has 0 aromatic carbocycles. The van der Waals surface area contributed by atoms with Crippen molar-refractivity contribution in [1.82, 2.24) is 20.3 Å². The van der Waals surface area contributed by atoms with Gasteiger partial charge in [-0.15, -0.1) is 0 Å². The molecule has 0 radical (unpaired) electrons. The zero-order valence-electron chi connectivity index (χ0n) is 14.3. The second kappa shape index (κ2) is 6.55. The Hall–Kier alpha value is -2.50. The average Bonchev–Trinajstić information content (AvgIpc) is 3.37. The number of nitrogens with zero attached hydrogens (tertiary/aromatic N) is 3. The molecule has 2 heterocycles. The molecule has 1 fully saturated rings. The monoisotopic (exact) mass is 325 g/mol. The predicted octanol–water partition coefficient (Wildman–Crippen LogP) is 2.77. The van der Waals surface area contributed by atoms with E-state index in [1.807, 2.05) is 32.9 Å². The molecule has 2 aromatic heterocycles. The first kappa shape index (κ1) is 16.4. The molecule has 0 unspecified atom stereocenters. The summed E-state index contributed by atoms with van der Waals surface area (Å²) in [4.78, 5) is 25.5. The summed E-state index contributed by atoms with van der Waals surface area (Å²) in [7, 11) is 0. The number of rotatable bonds is 5. The van der Waals surface area contributed by atoms with E-state index in [1.165, 1.54) is 0 Å². The Bertz CT molecular complexity index is 755. The third-order valence-corrected chi connectivity index (χ3v) is 4.31. The highest BCUT2D eigenvalue weighted by molar-refractivity contribution is 5.93. The Morgan fingerprint density at radius 1 is 1.33 bits per heavy atom. The number of carbonyl (C=O) groups is 1. The van der Waals surface area contributed by atoms with Crippen molar-refractivity contribution in [3.05, 3.63) is 47.0 Å². The number of hydrogen-bond acceptors (Lipinski definition) is 5. The van der Waals surface area contributed by atoms with Crippen LogP contribution in [0, 0.1) is 12.8 Å². The third kappa shape index (κ3) is 3.53. The molecule has 3 N–H and O–H groups in total. The van der Waals surface area contributed by atoms with Gasteiger partial charge in [-0.2, -0.15) is 0 Å².